The molecular weight excluding hydrogens is 316 g/mol. The second kappa shape index (κ2) is 7.83. The number of nitrogens with two attached hydrogens (primary N) is 1. The van der Waals surface area contributed by atoms with Crippen molar-refractivity contribution in [1.82, 2.24) is 4.98 Å². The van der Waals surface area contributed by atoms with Crippen LogP contribution in [0, 0.1) is 11.8 Å². The van der Waals surface area contributed by atoms with Gasteiger partial charge in [0.15, 0.2) is 5.60 Å². The predicted octanol–water partition coefficient (Wildman–Crippen LogP) is 2.69. The van der Waals surface area contributed by atoms with Gasteiger partial charge in [-0.1, -0.05) is 32.1 Å². The van der Waals surface area contributed by atoms with Crippen molar-refractivity contribution in [1.29, 1.82) is 0 Å². The second-order valence-electron chi connectivity index (χ2n) is 8.02. The molecule has 0 spiro atoms. The summed E-state index contributed by atoms with van der Waals surface area (Å²) in [7, 11) is 0. The molecule has 0 aromatic carbocycles. The number of nitrogens with zero attached hydrogens (tertiary/aromatic N) is 1. The summed E-state index contributed by atoms with van der Waals surface area (Å²) in [5, 5.41) is 20.3. The van der Waals surface area contributed by atoms with Gasteiger partial charge < -0.3 is 15.9 Å². The van der Waals surface area contributed by atoms with Crippen molar-refractivity contribution in [2.75, 3.05) is 0 Å². The van der Waals surface area contributed by atoms with Crippen molar-refractivity contribution in [3.05, 3.63) is 29.6 Å². The molecule has 0 amide bonds. The number of hydrogen-bond acceptors (Lipinski definition) is 4. The zero-order valence-corrected chi connectivity index (χ0v) is 14.9. The third-order valence-electron chi connectivity index (χ3n) is 5.67. The van der Waals surface area contributed by atoms with Crippen molar-refractivity contribution in [2.24, 2.45) is 17.6 Å². The molecule has 2 aliphatic carbocycles. The maximum atomic E-state index is 11.7. The highest BCUT2D eigenvalue weighted by Gasteiger charge is 2.43. The number of carboxylic acid groups (broad SMARTS) is 1. The van der Waals surface area contributed by atoms with E-state index in [4.69, 9.17) is 5.73 Å². The van der Waals surface area contributed by atoms with Crippen molar-refractivity contribution in [3.63, 3.8) is 0 Å². The molecule has 4 N–H and O–H groups in total. The van der Waals surface area contributed by atoms with Crippen LogP contribution in [0.4, 0.5) is 0 Å². The van der Waals surface area contributed by atoms with Gasteiger partial charge in [0.05, 0.1) is 0 Å². The number of aliphatic carboxylic acids is 1. The largest absolute Gasteiger partial charge is 0.479 e. The van der Waals surface area contributed by atoms with E-state index in [2.05, 4.69) is 4.98 Å². The Bertz CT molecular complexity index is 598. The van der Waals surface area contributed by atoms with E-state index >= 15 is 0 Å². The Balaban J connectivity index is 1.60. The minimum atomic E-state index is -1.95. The molecule has 2 atom stereocenters. The monoisotopic (exact) mass is 346 g/mol. The summed E-state index contributed by atoms with van der Waals surface area (Å²) < 4.78 is 0. The van der Waals surface area contributed by atoms with Crippen LogP contribution in [0.5, 0.6) is 0 Å². The lowest BCUT2D eigenvalue weighted by atomic mass is 9.86. The first kappa shape index (κ1) is 18.3. The number of hydrogen-bond donors (Lipinski definition) is 3. The Kier molecular flexibility index (Phi) is 5.74. The molecule has 0 aliphatic heterocycles. The van der Waals surface area contributed by atoms with Gasteiger partial charge in [-0.15, -0.1) is 0 Å². The highest BCUT2D eigenvalue weighted by atomic mass is 16.4. The van der Waals surface area contributed by atoms with Gasteiger partial charge in [-0.25, -0.2) is 4.79 Å². The van der Waals surface area contributed by atoms with Gasteiger partial charge in [0.1, 0.15) is 0 Å². The minimum absolute atomic E-state index is 0.0371. The molecular formula is C20H30N2O3. The topological polar surface area (TPSA) is 96.4 Å². The zero-order chi connectivity index (χ0) is 17.9. The summed E-state index contributed by atoms with van der Waals surface area (Å²) in [6.45, 7) is 0. The van der Waals surface area contributed by atoms with Crippen molar-refractivity contribution in [2.45, 2.75) is 75.9 Å². The van der Waals surface area contributed by atoms with E-state index in [-0.39, 0.29) is 6.42 Å². The van der Waals surface area contributed by atoms with Crippen LogP contribution in [0.2, 0.25) is 0 Å². The molecule has 1 heterocycles. The van der Waals surface area contributed by atoms with Gasteiger partial charge in [-0.3, -0.25) is 4.98 Å². The summed E-state index contributed by atoms with van der Waals surface area (Å²) in [6.07, 6.45) is 11.6. The number of carboxylic acids is 1. The first-order valence-corrected chi connectivity index (χ1v) is 9.62. The van der Waals surface area contributed by atoms with E-state index in [1.807, 2.05) is 12.1 Å². The number of pyridine rings is 1. The molecule has 5 nitrogen and oxygen atoms in total. The fourth-order valence-corrected chi connectivity index (χ4v) is 3.48. The van der Waals surface area contributed by atoms with Gasteiger partial charge in [-0.05, 0) is 55.2 Å². The molecule has 2 saturated carbocycles. The zero-order valence-electron chi connectivity index (χ0n) is 14.9. The molecule has 25 heavy (non-hydrogen) atoms. The minimum Gasteiger partial charge on any atom is -0.479 e. The molecule has 2 fully saturated rings. The van der Waals surface area contributed by atoms with E-state index in [0.717, 1.165) is 30.7 Å². The fourth-order valence-electron chi connectivity index (χ4n) is 3.48. The molecule has 2 aliphatic rings. The lowest BCUT2D eigenvalue weighted by Gasteiger charge is -2.29. The van der Waals surface area contributed by atoms with Crippen LogP contribution in [0.25, 0.3) is 0 Å². The van der Waals surface area contributed by atoms with Crippen LogP contribution >= 0.6 is 0 Å². The second-order valence-corrected chi connectivity index (χ2v) is 8.02. The maximum Gasteiger partial charge on any atom is 0.337 e. The molecule has 0 radical (unpaired) electrons. The van der Waals surface area contributed by atoms with E-state index in [1.165, 1.54) is 32.1 Å². The Hall–Kier alpha value is -1.46. The van der Waals surface area contributed by atoms with Crippen LogP contribution in [0.3, 0.4) is 0 Å². The quantitative estimate of drug-likeness (QED) is 0.572. The van der Waals surface area contributed by atoms with Crippen LogP contribution < -0.4 is 5.73 Å². The van der Waals surface area contributed by atoms with Gasteiger partial charge in [0.25, 0.3) is 0 Å². The van der Waals surface area contributed by atoms with E-state index in [0.29, 0.717) is 18.0 Å². The molecule has 5 heteroatoms. The van der Waals surface area contributed by atoms with E-state index < -0.39 is 17.6 Å². The number of carbonyl (C=O) groups is 1. The Morgan fingerprint density at radius 2 is 1.96 bits per heavy atom. The van der Waals surface area contributed by atoms with Gasteiger partial charge in [0.2, 0.25) is 0 Å². The van der Waals surface area contributed by atoms with Crippen LogP contribution in [-0.2, 0) is 17.6 Å². The van der Waals surface area contributed by atoms with Crippen molar-refractivity contribution in [3.8, 4) is 0 Å². The number of aliphatic hydroxyl groups is 1. The Morgan fingerprint density at radius 3 is 2.60 bits per heavy atom. The average Bonchev–Trinajstić information content (AvgIpc) is 3.47. The molecule has 1 aromatic rings. The first-order valence-electron chi connectivity index (χ1n) is 9.62. The van der Waals surface area contributed by atoms with Gasteiger partial charge in [-0.2, -0.15) is 0 Å². The molecule has 1 unspecified atom stereocenters. The summed E-state index contributed by atoms with van der Waals surface area (Å²) in [6, 6.07) is 3.13. The summed E-state index contributed by atoms with van der Waals surface area (Å²) in [5.74, 6) is 0.330. The number of rotatable bonds is 11. The number of aromatic nitrogens is 1. The predicted molar refractivity (Wildman–Crippen MR) is 96.1 cm³/mol. The molecule has 138 valence electrons. The third-order valence-corrected chi connectivity index (χ3v) is 5.67. The standard InChI is InChI=1S/C20H30N2O3/c21-18(9-8-15-6-7-15)20(25,19(23)24)13-17-12-16(10-11-22-17)3-1-2-14-4-5-14/h10-12,14-15,18,25H,1-9,13,21H2,(H,23,24)/t18-,20?/m0/s1. The van der Waals surface area contributed by atoms with Gasteiger partial charge in [0, 0.05) is 24.4 Å². The van der Waals surface area contributed by atoms with Crippen molar-refractivity contribution < 1.29 is 15.0 Å². The van der Waals surface area contributed by atoms with Crippen LogP contribution in [0.1, 0.15) is 62.6 Å². The SMILES string of the molecule is N[C@@H](CCC1CC1)C(O)(Cc1cc(CCCC2CC2)ccn1)C(=O)O. The molecule has 3 rings (SSSR count). The van der Waals surface area contributed by atoms with E-state index in [1.54, 1.807) is 6.20 Å². The normalized spacial score (nSPS) is 20.9. The molecule has 0 saturated heterocycles. The van der Waals surface area contributed by atoms with Gasteiger partial charge >= 0.3 is 5.97 Å². The average molecular weight is 346 g/mol. The first-order chi connectivity index (χ1) is 12.0. The molecule has 1 aromatic heterocycles. The molecule has 0 bridgehead atoms. The smallest absolute Gasteiger partial charge is 0.337 e. The summed E-state index contributed by atoms with van der Waals surface area (Å²) in [4.78, 5) is 16.0. The Morgan fingerprint density at radius 1 is 1.28 bits per heavy atom. The third kappa shape index (κ3) is 5.25. The Labute approximate surface area is 149 Å². The highest BCUT2D eigenvalue weighted by molar-refractivity contribution is 5.78. The van der Waals surface area contributed by atoms with E-state index in [9.17, 15) is 15.0 Å². The summed E-state index contributed by atoms with van der Waals surface area (Å²) in [5.41, 5.74) is 5.89. The van der Waals surface area contributed by atoms with Crippen molar-refractivity contribution >= 4 is 5.97 Å². The lowest BCUT2D eigenvalue weighted by molar-refractivity contribution is -0.161. The summed E-state index contributed by atoms with van der Waals surface area (Å²) >= 11 is 0. The number of aryl methyl sites for hydroxylation is 1. The highest BCUT2D eigenvalue weighted by Crippen LogP contribution is 2.35. The van der Waals surface area contributed by atoms with Crippen LogP contribution in [0.15, 0.2) is 18.3 Å². The maximum absolute atomic E-state index is 11.7. The lowest BCUT2D eigenvalue weighted by Crippen LogP contribution is -2.55. The fraction of sp³-hybridized carbons (Fsp3) is 0.700. The van der Waals surface area contributed by atoms with Crippen LogP contribution in [-0.4, -0.2) is 32.8 Å².